The van der Waals surface area contributed by atoms with Gasteiger partial charge in [0.1, 0.15) is 5.82 Å². The molecule has 4 rings (SSSR count). The molecule has 33 heavy (non-hydrogen) atoms. The molecule has 2 saturated carbocycles. The maximum Gasteiger partial charge on any atom is 0.255 e. The zero-order chi connectivity index (χ0) is 24.1. The average molecular weight is 496 g/mol. The molecule has 0 aliphatic heterocycles. The Morgan fingerprint density at radius 2 is 1.94 bits per heavy atom. The van der Waals surface area contributed by atoms with Gasteiger partial charge in [0.25, 0.3) is 5.91 Å². The Morgan fingerprint density at radius 1 is 1.21 bits per heavy atom. The summed E-state index contributed by atoms with van der Waals surface area (Å²) in [4.78, 5) is 12.7. The van der Waals surface area contributed by atoms with Crippen LogP contribution in [0.3, 0.4) is 0 Å². The first-order chi connectivity index (χ1) is 15.4. The highest BCUT2D eigenvalue weighted by molar-refractivity contribution is 7.92. The molecule has 0 spiro atoms. The van der Waals surface area contributed by atoms with Crippen LogP contribution in [0.25, 0.3) is 0 Å². The Labute approximate surface area is 197 Å². The van der Waals surface area contributed by atoms with Crippen LogP contribution in [0.4, 0.5) is 10.1 Å². The molecule has 2 bridgehead atoms. The third-order valence-electron chi connectivity index (χ3n) is 7.40. The van der Waals surface area contributed by atoms with Crippen molar-refractivity contribution in [2.75, 3.05) is 5.32 Å². The lowest BCUT2D eigenvalue weighted by atomic mass is 9.74. The minimum Gasteiger partial charge on any atom is -0.392 e. The summed E-state index contributed by atoms with van der Waals surface area (Å²) < 4.78 is 40.7. The van der Waals surface area contributed by atoms with Gasteiger partial charge < -0.3 is 15.5 Å². The molecule has 0 heterocycles. The van der Waals surface area contributed by atoms with Gasteiger partial charge in [0.05, 0.1) is 27.4 Å². The molecule has 3 N–H and O–H groups in total. The minimum atomic E-state index is -3.84. The largest absolute Gasteiger partial charge is 0.392 e. The average Bonchev–Trinajstić information content (AvgIpc) is 2.88. The first-order valence-corrected chi connectivity index (χ1v) is 12.8. The fraction of sp³-hybridized carbons (Fsp3) is 0.458. The van der Waals surface area contributed by atoms with Gasteiger partial charge >= 0.3 is 0 Å². The Balaban J connectivity index is 1.60. The molecule has 2 aromatic rings. The highest BCUT2D eigenvalue weighted by Gasteiger charge is 2.56. The van der Waals surface area contributed by atoms with E-state index in [0.717, 1.165) is 12.5 Å². The third kappa shape index (κ3) is 4.30. The predicted octanol–water partition coefficient (Wildman–Crippen LogP) is 4.18. The number of rotatable bonds is 5. The number of hydrogen-bond donors (Lipinski definition) is 3. The number of aliphatic hydroxyl groups excluding tert-OH is 1. The van der Waals surface area contributed by atoms with E-state index in [1.54, 1.807) is 6.92 Å². The number of amides is 1. The quantitative estimate of drug-likeness (QED) is 0.577. The van der Waals surface area contributed by atoms with Crippen molar-refractivity contribution >= 4 is 33.0 Å². The molecule has 2 aliphatic carbocycles. The second-order valence-corrected chi connectivity index (χ2v) is 12.0. The van der Waals surface area contributed by atoms with Crippen molar-refractivity contribution in [3.05, 3.63) is 58.4 Å². The number of sulfone groups is 1. The normalized spacial score (nSPS) is 29.2. The summed E-state index contributed by atoms with van der Waals surface area (Å²) in [6, 6.07) is 7.86. The van der Waals surface area contributed by atoms with E-state index in [-0.39, 0.29) is 44.5 Å². The van der Waals surface area contributed by atoms with E-state index in [4.69, 9.17) is 11.6 Å². The summed E-state index contributed by atoms with van der Waals surface area (Å²) in [5, 5.41) is 22.0. The number of carbonyl (C=O) groups is 1. The van der Waals surface area contributed by atoms with Gasteiger partial charge in [-0.15, -0.1) is 0 Å². The number of benzene rings is 2. The molecule has 1 amide bonds. The second-order valence-electron chi connectivity index (χ2n) is 9.44. The van der Waals surface area contributed by atoms with Crippen molar-refractivity contribution in [3.8, 4) is 0 Å². The first kappa shape index (κ1) is 24.1. The Kier molecular flexibility index (Phi) is 6.33. The molecule has 0 saturated heterocycles. The summed E-state index contributed by atoms with van der Waals surface area (Å²) in [6.45, 7) is 3.32. The van der Waals surface area contributed by atoms with Crippen molar-refractivity contribution in [1.29, 1.82) is 0 Å². The number of fused-ring (bicyclic) bond motifs is 2. The van der Waals surface area contributed by atoms with Crippen molar-refractivity contribution < 1.29 is 27.8 Å². The van der Waals surface area contributed by atoms with E-state index in [2.05, 4.69) is 5.32 Å². The fourth-order valence-corrected chi connectivity index (χ4v) is 7.88. The third-order valence-corrected chi connectivity index (χ3v) is 10.1. The Hall–Kier alpha value is -2.00. The van der Waals surface area contributed by atoms with Crippen LogP contribution in [0, 0.1) is 23.6 Å². The van der Waals surface area contributed by atoms with Crippen LogP contribution in [0.1, 0.15) is 49.0 Å². The van der Waals surface area contributed by atoms with E-state index < -0.39 is 39.0 Å². The molecule has 178 valence electrons. The molecular formula is C24H27ClFNO5S. The molecule has 9 heteroatoms. The Morgan fingerprint density at radius 3 is 2.61 bits per heavy atom. The number of aliphatic hydroxyl groups is 2. The number of anilines is 1. The van der Waals surface area contributed by atoms with Crippen LogP contribution in [-0.4, -0.2) is 35.4 Å². The topological polar surface area (TPSA) is 104 Å². The van der Waals surface area contributed by atoms with Crippen LogP contribution in [-0.2, 0) is 16.4 Å². The molecule has 0 radical (unpaired) electrons. The Bertz CT molecular complexity index is 1200. The summed E-state index contributed by atoms with van der Waals surface area (Å²) in [5.41, 5.74) is -0.486. The lowest BCUT2D eigenvalue weighted by Crippen LogP contribution is -2.46. The van der Waals surface area contributed by atoms with Gasteiger partial charge in [-0.05, 0) is 80.3 Å². The van der Waals surface area contributed by atoms with E-state index in [0.29, 0.717) is 12.8 Å². The van der Waals surface area contributed by atoms with Gasteiger partial charge in [-0.3, -0.25) is 4.79 Å². The highest BCUT2D eigenvalue weighted by Crippen LogP contribution is 2.54. The van der Waals surface area contributed by atoms with Gasteiger partial charge in [0.2, 0.25) is 0 Å². The number of nitrogens with one attached hydrogen (secondary N) is 1. The predicted molar refractivity (Wildman–Crippen MR) is 123 cm³/mol. The number of carbonyl (C=O) groups excluding carboxylic acids is 1. The van der Waals surface area contributed by atoms with Crippen LogP contribution in [0.2, 0.25) is 5.02 Å². The van der Waals surface area contributed by atoms with Crippen LogP contribution >= 0.6 is 11.6 Å². The minimum absolute atomic E-state index is 0.0317. The van der Waals surface area contributed by atoms with Crippen LogP contribution in [0.15, 0.2) is 41.3 Å². The highest BCUT2D eigenvalue weighted by atomic mass is 35.5. The standard InChI is InChI=1S/C24H27ClFNO5S/c1-13-7-16-10-18(11-19(13)24(16,2)30)33(31,32)22-9-14(3-5-20(22)25)23(29)27-17-4-6-21(26)15(8-17)12-28/h3-6,8-9,13,16,18-19,28,30H,7,10-12H2,1-2H3,(H,27,29)/t13-,16?,18?,19?,24+/m0/s1. The van der Waals surface area contributed by atoms with Crippen molar-refractivity contribution in [2.45, 2.75) is 55.5 Å². The van der Waals surface area contributed by atoms with Crippen LogP contribution < -0.4 is 5.32 Å². The van der Waals surface area contributed by atoms with Gasteiger partial charge in [0, 0.05) is 16.8 Å². The number of halogens is 2. The smallest absolute Gasteiger partial charge is 0.255 e. The van der Waals surface area contributed by atoms with Crippen molar-refractivity contribution in [1.82, 2.24) is 0 Å². The summed E-state index contributed by atoms with van der Waals surface area (Å²) in [6.07, 6.45) is 1.48. The molecule has 2 fully saturated rings. The van der Waals surface area contributed by atoms with Gasteiger partial charge in [-0.2, -0.15) is 0 Å². The van der Waals surface area contributed by atoms with E-state index in [1.807, 2.05) is 6.92 Å². The van der Waals surface area contributed by atoms with Crippen molar-refractivity contribution in [2.24, 2.45) is 17.8 Å². The lowest BCUT2D eigenvalue weighted by Gasteiger charge is -2.40. The first-order valence-electron chi connectivity index (χ1n) is 10.9. The van der Waals surface area contributed by atoms with Gasteiger partial charge in [0.15, 0.2) is 9.84 Å². The summed E-state index contributed by atoms with van der Waals surface area (Å²) in [7, 11) is -3.84. The maximum atomic E-state index is 13.6. The van der Waals surface area contributed by atoms with E-state index in [1.165, 1.54) is 30.3 Å². The molecule has 0 aromatic heterocycles. The molecular weight excluding hydrogens is 469 g/mol. The zero-order valence-corrected chi connectivity index (χ0v) is 20.0. The number of hydrogen-bond acceptors (Lipinski definition) is 5. The van der Waals surface area contributed by atoms with Gasteiger partial charge in [-0.25, -0.2) is 12.8 Å². The summed E-state index contributed by atoms with van der Waals surface area (Å²) >= 11 is 6.27. The molecule has 2 aliphatic rings. The second kappa shape index (κ2) is 8.65. The SMILES string of the molecule is C[C@H]1CC2CC(S(=O)(=O)c3cc(C(=O)Nc4ccc(F)c(CO)c4)ccc3Cl)CC1[C@]2(C)O. The van der Waals surface area contributed by atoms with Crippen molar-refractivity contribution in [3.63, 3.8) is 0 Å². The van der Waals surface area contributed by atoms with E-state index >= 15 is 0 Å². The van der Waals surface area contributed by atoms with Crippen LogP contribution in [0.5, 0.6) is 0 Å². The zero-order valence-electron chi connectivity index (χ0n) is 18.4. The van der Waals surface area contributed by atoms with E-state index in [9.17, 15) is 27.8 Å². The molecule has 3 unspecified atom stereocenters. The molecule has 6 nitrogen and oxygen atoms in total. The molecule has 5 atom stereocenters. The molecule has 2 aromatic carbocycles. The van der Waals surface area contributed by atoms with Gasteiger partial charge in [-0.1, -0.05) is 18.5 Å². The summed E-state index contributed by atoms with van der Waals surface area (Å²) in [5.74, 6) is -1.16. The maximum absolute atomic E-state index is 13.6. The fourth-order valence-electron chi connectivity index (χ4n) is 5.51. The lowest BCUT2D eigenvalue weighted by molar-refractivity contribution is -0.0466. The monoisotopic (exact) mass is 495 g/mol.